The normalized spacial score (nSPS) is 11.5. The molecule has 13 heavy (non-hydrogen) atoms. The summed E-state index contributed by atoms with van der Waals surface area (Å²) in [4.78, 5) is 4.35. The molecule has 0 aliphatic carbocycles. The molecule has 1 nitrogen and oxygen atoms in total. The van der Waals surface area contributed by atoms with Crippen LogP contribution in [0.2, 0.25) is 0 Å². The Hall–Kier alpha value is -1.15. The van der Waals surface area contributed by atoms with Gasteiger partial charge >= 0.3 is 0 Å². The van der Waals surface area contributed by atoms with Crippen LogP contribution in [0.4, 0.5) is 0 Å². The average Bonchev–Trinajstić information content (AvgIpc) is 2.61. The minimum Gasteiger partial charge on any atom is -0.255 e. The number of thiophene rings is 1. The third-order valence-corrected chi connectivity index (χ3v) is 2.72. The van der Waals surface area contributed by atoms with E-state index in [9.17, 15) is 0 Å². The first kappa shape index (κ1) is 8.45. The van der Waals surface area contributed by atoms with Gasteiger partial charge in [0.05, 0.1) is 10.2 Å². The summed E-state index contributed by atoms with van der Waals surface area (Å²) in [6.45, 7) is 2.13. The van der Waals surface area contributed by atoms with Gasteiger partial charge in [-0.3, -0.25) is 4.98 Å². The minimum absolute atomic E-state index is 1.07. The van der Waals surface area contributed by atoms with Crippen molar-refractivity contribution in [3.8, 4) is 0 Å². The number of aromatic nitrogens is 1. The molecule has 0 aliphatic rings. The van der Waals surface area contributed by atoms with E-state index in [1.165, 1.54) is 10.3 Å². The number of fused-ring (bicyclic) bond motifs is 1. The Morgan fingerprint density at radius 1 is 1.54 bits per heavy atom. The molecule has 0 saturated carbocycles. The molecule has 0 unspecified atom stereocenters. The first-order valence-electron chi connectivity index (χ1n) is 4.40. The van der Waals surface area contributed by atoms with Crippen molar-refractivity contribution in [2.45, 2.75) is 13.3 Å². The number of hydrogen-bond donors (Lipinski definition) is 0. The summed E-state index contributed by atoms with van der Waals surface area (Å²) in [7, 11) is 0. The lowest BCUT2D eigenvalue weighted by molar-refractivity contribution is 1.23. The summed E-state index contributed by atoms with van der Waals surface area (Å²) in [6, 6.07) is 4.23. The zero-order valence-corrected chi connectivity index (χ0v) is 8.34. The number of pyridine rings is 1. The maximum atomic E-state index is 4.35. The van der Waals surface area contributed by atoms with Crippen LogP contribution in [0.15, 0.2) is 29.8 Å². The predicted octanol–water partition coefficient (Wildman–Crippen LogP) is 3.72. The Kier molecular flexibility index (Phi) is 2.41. The highest BCUT2D eigenvalue weighted by Crippen LogP contribution is 2.19. The molecule has 2 rings (SSSR count). The summed E-state index contributed by atoms with van der Waals surface area (Å²) in [5, 5.41) is 2.07. The van der Waals surface area contributed by atoms with Crippen LogP contribution in [-0.2, 0) is 0 Å². The molecule has 0 radical (unpaired) electrons. The predicted molar refractivity (Wildman–Crippen MR) is 58.9 cm³/mol. The van der Waals surface area contributed by atoms with Gasteiger partial charge in [0.15, 0.2) is 0 Å². The van der Waals surface area contributed by atoms with E-state index in [2.05, 4.69) is 35.5 Å². The molecular formula is C11H11NS. The minimum atomic E-state index is 1.07. The number of hydrogen-bond acceptors (Lipinski definition) is 2. The lowest BCUT2D eigenvalue weighted by atomic mass is 10.2. The molecule has 0 amide bonds. The van der Waals surface area contributed by atoms with Crippen molar-refractivity contribution in [3.63, 3.8) is 0 Å². The SMILES string of the molecule is CC/C=C/c1cnc2ccsc2c1. The van der Waals surface area contributed by atoms with Gasteiger partial charge in [0.2, 0.25) is 0 Å². The molecule has 0 saturated heterocycles. The fourth-order valence-corrected chi connectivity index (χ4v) is 2.00. The molecule has 2 aromatic rings. The van der Waals surface area contributed by atoms with Crippen LogP contribution in [0, 0.1) is 0 Å². The Bertz CT molecular complexity index is 428. The van der Waals surface area contributed by atoms with Crippen LogP contribution >= 0.6 is 11.3 Å². The molecule has 0 bridgehead atoms. The summed E-state index contributed by atoms with van der Waals surface area (Å²) in [6.07, 6.45) is 7.26. The van der Waals surface area contributed by atoms with Crippen LogP contribution in [0.1, 0.15) is 18.9 Å². The molecule has 0 aromatic carbocycles. The van der Waals surface area contributed by atoms with Crippen LogP contribution in [0.25, 0.3) is 16.3 Å². The Balaban J connectivity index is 2.42. The molecule has 66 valence electrons. The Morgan fingerprint density at radius 3 is 3.31 bits per heavy atom. The van der Waals surface area contributed by atoms with Crippen molar-refractivity contribution in [2.24, 2.45) is 0 Å². The van der Waals surface area contributed by atoms with E-state index < -0.39 is 0 Å². The molecule has 0 spiro atoms. The molecule has 0 fully saturated rings. The zero-order chi connectivity index (χ0) is 9.10. The highest BCUT2D eigenvalue weighted by atomic mass is 32.1. The van der Waals surface area contributed by atoms with E-state index in [0.29, 0.717) is 0 Å². The molecule has 2 heteroatoms. The molecular weight excluding hydrogens is 178 g/mol. The van der Waals surface area contributed by atoms with Gasteiger partial charge in [-0.15, -0.1) is 11.3 Å². The lowest BCUT2D eigenvalue weighted by Crippen LogP contribution is -1.75. The third kappa shape index (κ3) is 1.78. The summed E-state index contributed by atoms with van der Waals surface area (Å²) >= 11 is 1.74. The second-order valence-corrected chi connectivity index (χ2v) is 3.83. The highest BCUT2D eigenvalue weighted by Gasteiger charge is 1.95. The van der Waals surface area contributed by atoms with Gasteiger partial charge in [-0.2, -0.15) is 0 Å². The van der Waals surface area contributed by atoms with Crippen molar-refractivity contribution in [1.29, 1.82) is 0 Å². The van der Waals surface area contributed by atoms with Gasteiger partial charge in [-0.1, -0.05) is 19.1 Å². The molecule has 0 atom stereocenters. The van der Waals surface area contributed by atoms with Crippen molar-refractivity contribution in [2.75, 3.05) is 0 Å². The third-order valence-electron chi connectivity index (χ3n) is 1.87. The maximum absolute atomic E-state index is 4.35. The Morgan fingerprint density at radius 2 is 2.46 bits per heavy atom. The van der Waals surface area contributed by atoms with Crippen molar-refractivity contribution in [1.82, 2.24) is 4.98 Å². The van der Waals surface area contributed by atoms with E-state index >= 15 is 0 Å². The Labute approximate surface area is 81.7 Å². The quantitative estimate of drug-likeness (QED) is 0.701. The topological polar surface area (TPSA) is 12.9 Å². The van der Waals surface area contributed by atoms with E-state index in [4.69, 9.17) is 0 Å². The van der Waals surface area contributed by atoms with Gasteiger partial charge in [0.25, 0.3) is 0 Å². The maximum Gasteiger partial charge on any atom is 0.0810 e. The monoisotopic (exact) mass is 189 g/mol. The fraction of sp³-hybridized carbons (Fsp3) is 0.182. The highest BCUT2D eigenvalue weighted by molar-refractivity contribution is 7.17. The summed E-state index contributed by atoms with van der Waals surface area (Å²) < 4.78 is 1.26. The van der Waals surface area contributed by atoms with Crippen molar-refractivity contribution < 1.29 is 0 Å². The van der Waals surface area contributed by atoms with Gasteiger partial charge in [-0.05, 0) is 29.5 Å². The smallest absolute Gasteiger partial charge is 0.0810 e. The second kappa shape index (κ2) is 3.71. The molecule has 0 aliphatic heterocycles. The fourth-order valence-electron chi connectivity index (χ4n) is 1.21. The summed E-state index contributed by atoms with van der Waals surface area (Å²) in [5.74, 6) is 0. The van der Waals surface area contributed by atoms with E-state index in [1.807, 2.05) is 12.3 Å². The standard InChI is InChI=1S/C11H11NS/c1-2-3-4-9-7-11-10(12-8-9)5-6-13-11/h3-8H,2H2,1H3/b4-3+. The first-order chi connectivity index (χ1) is 6.40. The van der Waals surface area contributed by atoms with Gasteiger partial charge in [0.1, 0.15) is 0 Å². The van der Waals surface area contributed by atoms with Crippen molar-refractivity contribution >= 4 is 27.6 Å². The van der Waals surface area contributed by atoms with Gasteiger partial charge < -0.3 is 0 Å². The van der Waals surface area contributed by atoms with Crippen LogP contribution in [0.3, 0.4) is 0 Å². The zero-order valence-electron chi connectivity index (χ0n) is 7.53. The first-order valence-corrected chi connectivity index (χ1v) is 5.28. The van der Waals surface area contributed by atoms with Gasteiger partial charge in [0, 0.05) is 6.20 Å². The number of allylic oxidation sites excluding steroid dienone is 1. The molecule has 2 heterocycles. The van der Waals surface area contributed by atoms with Crippen molar-refractivity contribution in [3.05, 3.63) is 35.3 Å². The van der Waals surface area contributed by atoms with Gasteiger partial charge in [-0.25, -0.2) is 0 Å². The van der Waals surface area contributed by atoms with Crippen LogP contribution in [0.5, 0.6) is 0 Å². The van der Waals surface area contributed by atoms with Crippen LogP contribution in [-0.4, -0.2) is 4.98 Å². The van der Waals surface area contributed by atoms with E-state index in [0.717, 1.165) is 11.9 Å². The second-order valence-electron chi connectivity index (χ2n) is 2.88. The lowest BCUT2D eigenvalue weighted by Gasteiger charge is -1.92. The molecule has 0 N–H and O–H groups in total. The van der Waals surface area contributed by atoms with Crippen LogP contribution < -0.4 is 0 Å². The largest absolute Gasteiger partial charge is 0.255 e. The molecule has 2 aromatic heterocycles. The van der Waals surface area contributed by atoms with E-state index in [1.54, 1.807) is 11.3 Å². The number of rotatable bonds is 2. The summed E-state index contributed by atoms with van der Waals surface area (Å²) in [5.41, 5.74) is 2.29. The van der Waals surface area contributed by atoms with E-state index in [-0.39, 0.29) is 0 Å². The number of nitrogens with zero attached hydrogens (tertiary/aromatic N) is 1. The average molecular weight is 189 g/mol.